The Bertz CT molecular complexity index is 714. The highest BCUT2D eigenvalue weighted by atomic mass is 32.2. The van der Waals surface area contributed by atoms with E-state index in [1.54, 1.807) is 13.8 Å². The standard InChI is InChI=1S/C15H27N3O9S2/c1-3-7(2)11(13(21)17-9(15(23)24)6-10(19)20)18-14(22)12(28)8(16)4-5-29(25,26)27/h7-9,11-12,28H,3-6,16H2,1-2H3,(H,17,21)(H,18,22)(H,19,20)(H,23,24)(H,25,26,27)/t7-,8-,9+,11+,12-/m1/s1. The molecule has 0 spiro atoms. The van der Waals surface area contributed by atoms with Crippen LogP contribution in [0.3, 0.4) is 0 Å². The molecule has 0 aliphatic rings. The fraction of sp³-hybridized carbons (Fsp3) is 0.733. The van der Waals surface area contributed by atoms with Crippen LogP contribution >= 0.6 is 12.6 Å². The molecule has 0 radical (unpaired) electrons. The van der Waals surface area contributed by atoms with Crippen molar-refractivity contribution in [1.29, 1.82) is 0 Å². The number of carboxylic acid groups (broad SMARTS) is 2. The van der Waals surface area contributed by atoms with Gasteiger partial charge in [-0.2, -0.15) is 12.6 Å². The van der Waals surface area contributed by atoms with Crippen molar-refractivity contribution in [1.82, 2.24) is 10.6 Å². The van der Waals surface area contributed by atoms with Gasteiger partial charge in [0.15, 0.2) is 0 Å². The third-order valence-corrected chi connectivity index (χ3v) is 5.63. The number of hydrogen-bond donors (Lipinski definition) is 6. The van der Waals surface area contributed by atoms with Crippen molar-refractivity contribution in [3.05, 3.63) is 0 Å². The molecule has 7 N–H and O–H groups in total. The minimum atomic E-state index is -4.49. The molecule has 0 bridgehead atoms. The van der Waals surface area contributed by atoms with Gasteiger partial charge in [0.2, 0.25) is 11.8 Å². The Morgan fingerprint density at radius 1 is 1.14 bits per heavy atom. The van der Waals surface area contributed by atoms with Crippen LogP contribution < -0.4 is 16.4 Å². The van der Waals surface area contributed by atoms with Crippen molar-refractivity contribution in [3.63, 3.8) is 0 Å². The minimum Gasteiger partial charge on any atom is -0.748 e. The van der Waals surface area contributed by atoms with Gasteiger partial charge in [-0.1, -0.05) is 20.3 Å². The van der Waals surface area contributed by atoms with Gasteiger partial charge in [0, 0.05) is 12.2 Å². The molecule has 0 fully saturated rings. The summed E-state index contributed by atoms with van der Waals surface area (Å²) < 4.78 is 32.1. The van der Waals surface area contributed by atoms with Crippen LogP contribution in [0.15, 0.2) is 0 Å². The lowest BCUT2D eigenvalue weighted by atomic mass is 9.97. The van der Waals surface area contributed by atoms with Gasteiger partial charge in [-0.05, 0) is 5.92 Å². The summed E-state index contributed by atoms with van der Waals surface area (Å²) in [6.07, 6.45) is -0.635. The molecule has 0 saturated heterocycles. The maximum Gasteiger partial charge on any atom is 0.326 e. The molecule has 14 heteroatoms. The molecule has 0 aliphatic carbocycles. The lowest BCUT2D eigenvalue weighted by molar-refractivity contribution is -0.416. The number of rotatable bonds is 13. The van der Waals surface area contributed by atoms with Crippen LogP contribution in [0, 0.1) is 5.92 Å². The van der Waals surface area contributed by atoms with Gasteiger partial charge in [-0.25, -0.2) is 13.2 Å². The summed E-state index contributed by atoms with van der Waals surface area (Å²) in [6, 6.07) is -3.71. The van der Waals surface area contributed by atoms with Gasteiger partial charge in [0.25, 0.3) is 0 Å². The highest BCUT2D eigenvalue weighted by Crippen LogP contribution is 2.11. The molecule has 0 aliphatic heterocycles. The summed E-state index contributed by atoms with van der Waals surface area (Å²) in [6.45, 7) is 3.35. The van der Waals surface area contributed by atoms with E-state index in [9.17, 15) is 32.1 Å². The van der Waals surface area contributed by atoms with Crippen LogP contribution in [0.5, 0.6) is 0 Å². The summed E-state index contributed by atoms with van der Waals surface area (Å²) in [4.78, 5) is 46.8. The summed E-state index contributed by atoms with van der Waals surface area (Å²) >= 11 is 4.06. The van der Waals surface area contributed by atoms with E-state index in [4.69, 9.17) is 10.2 Å². The van der Waals surface area contributed by atoms with E-state index in [1.807, 2.05) is 0 Å². The second kappa shape index (κ2) is 11.9. The number of carboxylic acids is 2. The molecule has 0 aromatic heterocycles. The van der Waals surface area contributed by atoms with Gasteiger partial charge >= 0.3 is 11.9 Å². The SMILES string of the molecule is CC[C@@H](C)[C@H](NC(=O)[C@H](S)[C@H]([NH3+])CCS(=O)(=O)[O-])C(=O)N[C@@H](CC(=O)O)C(=O)O. The zero-order chi connectivity index (χ0) is 22.9. The molecule has 2 amide bonds. The van der Waals surface area contributed by atoms with Crippen molar-refractivity contribution in [2.24, 2.45) is 5.92 Å². The van der Waals surface area contributed by atoms with E-state index < -0.39 is 75.3 Å². The number of hydrogen-bond acceptors (Lipinski definition) is 8. The predicted octanol–water partition coefficient (Wildman–Crippen LogP) is -2.59. The number of quaternary nitrogens is 1. The van der Waals surface area contributed by atoms with E-state index in [0.717, 1.165) is 0 Å². The zero-order valence-electron chi connectivity index (χ0n) is 16.0. The number of carbonyl (C=O) groups is 4. The van der Waals surface area contributed by atoms with Gasteiger partial charge < -0.3 is 31.1 Å². The highest BCUT2D eigenvalue weighted by molar-refractivity contribution is 7.85. The summed E-state index contributed by atoms with van der Waals surface area (Å²) in [7, 11) is -4.49. The molecular weight excluding hydrogens is 430 g/mol. The molecule has 0 unspecified atom stereocenters. The average molecular weight is 458 g/mol. The fourth-order valence-corrected chi connectivity index (χ4v) is 3.06. The van der Waals surface area contributed by atoms with E-state index in [0.29, 0.717) is 6.42 Å². The summed E-state index contributed by atoms with van der Waals surface area (Å²) in [5.41, 5.74) is 3.60. The first-order valence-corrected chi connectivity index (χ1v) is 10.8. The van der Waals surface area contributed by atoms with Crippen LogP contribution in [-0.4, -0.2) is 76.1 Å². The van der Waals surface area contributed by atoms with Crippen LogP contribution in [-0.2, 0) is 29.3 Å². The molecule has 0 aromatic carbocycles. The topological polar surface area (TPSA) is 218 Å². The molecule has 0 rings (SSSR count). The first-order valence-electron chi connectivity index (χ1n) is 8.69. The first kappa shape index (κ1) is 27.1. The maximum absolute atomic E-state index is 12.5. The van der Waals surface area contributed by atoms with Crippen LogP contribution in [0.1, 0.15) is 33.1 Å². The number of nitrogens with one attached hydrogen (secondary N) is 2. The van der Waals surface area contributed by atoms with Gasteiger partial charge in [-0.3, -0.25) is 14.4 Å². The first-order chi connectivity index (χ1) is 13.2. The van der Waals surface area contributed by atoms with Gasteiger partial charge in [0.1, 0.15) is 23.4 Å². The highest BCUT2D eigenvalue weighted by Gasteiger charge is 2.33. The largest absolute Gasteiger partial charge is 0.748 e. The van der Waals surface area contributed by atoms with E-state index in [-0.39, 0.29) is 6.42 Å². The molecule has 0 heterocycles. The van der Waals surface area contributed by atoms with Crippen LogP contribution in [0.2, 0.25) is 0 Å². The Hall–Kier alpha value is -1.90. The molecule has 5 atom stereocenters. The second-order valence-electron chi connectivity index (χ2n) is 6.62. The predicted molar refractivity (Wildman–Crippen MR) is 102 cm³/mol. The molecule has 0 aromatic rings. The van der Waals surface area contributed by atoms with E-state index >= 15 is 0 Å². The smallest absolute Gasteiger partial charge is 0.326 e. The number of thiol groups is 1. The Morgan fingerprint density at radius 2 is 1.69 bits per heavy atom. The Balaban J connectivity index is 5.22. The number of aliphatic carboxylic acids is 2. The zero-order valence-corrected chi connectivity index (χ0v) is 17.7. The minimum absolute atomic E-state index is 0.215. The van der Waals surface area contributed by atoms with Crippen molar-refractivity contribution in [3.8, 4) is 0 Å². The third kappa shape index (κ3) is 10.4. The van der Waals surface area contributed by atoms with Crippen LogP contribution in [0.4, 0.5) is 0 Å². The second-order valence-corrected chi connectivity index (χ2v) is 8.70. The quantitative estimate of drug-likeness (QED) is 0.126. The van der Waals surface area contributed by atoms with Crippen LogP contribution in [0.25, 0.3) is 0 Å². The molecule has 12 nitrogen and oxygen atoms in total. The lowest BCUT2D eigenvalue weighted by Crippen LogP contribution is -2.68. The van der Waals surface area contributed by atoms with E-state index in [2.05, 4.69) is 29.0 Å². The molecular formula is C15H27N3O9S2. The molecule has 168 valence electrons. The van der Waals surface area contributed by atoms with Gasteiger partial charge in [0.05, 0.1) is 16.5 Å². The molecule has 29 heavy (non-hydrogen) atoms. The van der Waals surface area contributed by atoms with Crippen molar-refractivity contribution in [2.75, 3.05) is 5.75 Å². The van der Waals surface area contributed by atoms with Crippen molar-refractivity contribution >= 4 is 46.5 Å². The van der Waals surface area contributed by atoms with Crippen molar-refractivity contribution < 1.29 is 48.1 Å². The number of amides is 2. The Labute approximate surface area is 173 Å². The average Bonchev–Trinajstić information content (AvgIpc) is 2.60. The lowest BCUT2D eigenvalue weighted by Gasteiger charge is -2.27. The fourth-order valence-electron chi connectivity index (χ4n) is 2.24. The Kier molecular flexibility index (Phi) is 11.2. The van der Waals surface area contributed by atoms with E-state index in [1.165, 1.54) is 0 Å². The third-order valence-electron chi connectivity index (χ3n) is 4.24. The molecule has 0 saturated carbocycles. The Morgan fingerprint density at radius 3 is 2.10 bits per heavy atom. The summed E-state index contributed by atoms with van der Waals surface area (Å²) in [5.74, 6) is -5.78. The summed E-state index contributed by atoms with van der Waals surface area (Å²) in [5, 5.41) is 21.2. The van der Waals surface area contributed by atoms with Crippen molar-refractivity contribution in [2.45, 2.75) is 56.5 Å². The number of carbonyl (C=O) groups excluding carboxylic acids is 2. The maximum atomic E-state index is 12.5. The monoisotopic (exact) mass is 457 g/mol. The normalized spacial score (nSPS) is 16.7. The van der Waals surface area contributed by atoms with Gasteiger partial charge in [-0.15, -0.1) is 0 Å².